The van der Waals surface area contributed by atoms with Gasteiger partial charge in [0.1, 0.15) is 0 Å². The molecule has 1 unspecified atom stereocenters. The molecule has 24 heavy (non-hydrogen) atoms. The summed E-state index contributed by atoms with van der Waals surface area (Å²) in [7, 11) is 3.89. The van der Waals surface area contributed by atoms with Gasteiger partial charge in [-0.15, -0.1) is 0 Å². The average Bonchev–Trinajstić information content (AvgIpc) is 2.55. The van der Waals surface area contributed by atoms with Gasteiger partial charge in [-0.1, -0.05) is 0 Å². The van der Waals surface area contributed by atoms with Gasteiger partial charge in [0, 0.05) is 32.2 Å². The van der Waals surface area contributed by atoms with Gasteiger partial charge in [0.15, 0.2) is 0 Å². The van der Waals surface area contributed by atoms with Gasteiger partial charge in [0.2, 0.25) is 0 Å². The van der Waals surface area contributed by atoms with Crippen molar-refractivity contribution in [2.24, 2.45) is 0 Å². The minimum absolute atomic E-state index is 0.0197. The van der Waals surface area contributed by atoms with Gasteiger partial charge in [0.25, 0.3) is 5.91 Å². The molecule has 1 aliphatic heterocycles. The molecule has 1 aromatic carbocycles. The molecule has 6 nitrogen and oxygen atoms in total. The van der Waals surface area contributed by atoms with Crippen LogP contribution in [0.2, 0.25) is 0 Å². The third-order valence-electron chi connectivity index (χ3n) is 4.49. The summed E-state index contributed by atoms with van der Waals surface area (Å²) in [6.45, 7) is 6.96. The van der Waals surface area contributed by atoms with E-state index >= 15 is 0 Å². The third-order valence-corrected chi connectivity index (χ3v) is 4.49. The number of ether oxygens (including phenoxy) is 1. The molecular weight excluding hydrogens is 304 g/mol. The summed E-state index contributed by atoms with van der Waals surface area (Å²) in [4.78, 5) is 25.7. The lowest BCUT2D eigenvalue weighted by molar-refractivity contribution is -0.0301. The normalized spacial score (nSPS) is 18.8. The molecule has 0 radical (unpaired) electrons. The minimum atomic E-state index is -0.0197. The number of hydrogen-bond donors (Lipinski definition) is 0. The third kappa shape index (κ3) is 3.55. The Balaban J connectivity index is 1.76. The second-order valence-corrected chi connectivity index (χ2v) is 6.54. The quantitative estimate of drug-likeness (QED) is 0.857. The molecule has 1 atom stereocenters. The smallest absolute Gasteiger partial charge is 0.253 e. The maximum absolute atomic E-state index is 12.7. The number of aromatic nitrogens is 2. The number of likely N-dealkylation sites (N-methyl/N-ethyl adjacent to an activating group) is 2. The van der Waals surface area contributed by atoms with Crippen molar-refractivity contribution >= 4 is 16.9 Å². The summed E-state index contributed by atoms with van der Waals surface area (Å²) >= 11 is 0. The van der Waals surface area contributed by atoms with Gasteiger partial charge < -0.3 is 14.5 Å². The molecule has 2 aromatic rings. The molecule has 1 aromatic heterocycles. The lowest BCUT2D eigenvalue weighted by Crippen LogP contribution is -2.46. The molecule has 0 aliphatic carbocycles. The monoisotopic (exact) mass is 328 g/mol. The molecule has 0 bridgehead atoms. The fourth-order valence-corrected chi connectivity index (χ4v) is 2.95. The molecule has 3 rings (SSSR count). The maximum atomic E-state index is 12.7. The van der Waals surface area contributed by atoms with Crippen molar-refractivity contribution in [3.05, 3.63) is 35.2 Å². The van der Waals surface area contributed by atoms with Crippen molar-refractivity contribution in [2.45, 2.75) is 20.0 Å². The zero-order valence-electron chi connectivity index (χ0n) is 14.7. The van der Waals surface area contributed by atoms with E-state index in [9.17, 15) is 4.79 Å². The Bertz CT molecular complexity index is 762. The Kier molecular flexibility index (Phi) is 4.78. The van der Waals surface area contributed by atoms with Crippen LogP contribution in [0.5, 0.6) is 0 Å². The number of morpholine rings is 1. The molecule has 0 saturated carbocycles. The van der Waals surface area contributed by atoms with Crippen molar-refractivity contribution in [2.75, 3.05) is 40.3 Å². The van der Waals surface area contributed by atoms with Crippen LogP contribution in [-0.4, -0.2) is 72.1 Å². The molecule has 1 saturated heterocycles. The van der Waals surface area contributed by atoms with E-state index in [1.807, 2.05) is 39.1 Å². The van der Waals surface area contributed by atoms with Crippen LogP contribution in [0, 0.1) is 13.8 Å². The van der Waals surface area contributed by atoms with Gasteiger partial charge in [-0.25, -0.2) is 9.97 Å². The van der Waals surface area contributed by atoms with Crippen LogP contribution in [0.3, 0.4) is 0 Å². The van der Waals surface area contributed by atoms with E-state index in [1.165, 1.54) is 0 Å². The number of carbonyl (C=O) groups is 1. The van der Waals surface area contributed by atoms with Crippen LogP contribution in [0.15, 0.2) is 18.2 Å². The Hall–Kier alpha value is -2.05. The predicted molar refractivity (Wildman–Crippen MR) is 93.2 cm³/mol. The highest BCUT2D eigenvalue weighted by Crippen LogP contribution is 2.16. The maximum Gasteiger partial charge on any atom is 0.253 e. The minimum Gasteiger partial charge on any atom is -0.374 e. The second-order valence-electron chi connectivity index (χ2n) is 6.54. The number of amides is 1. The summed E-state index contributed by atoms with van der Waals surface area (Å²) < 4.78 is 5.75. The number of fused-ring (bicyclic) bond motifs is 1. The molecule has 0 spiro atoms. The van der Waals surface area contributed by atoms with Gasteiger partial charge in [-0.2, -0.15) is 0 Å². The standard InChI is InChI=1S/C18H24N4O2/c1-12-13(2)20-17-9-14(5-6-16(17)19-12)18(23)22(4)11-15-10-21(3)7-8-24-15/h5-6,9,15H,7-8,10-11H2,1-4H3. The van der Waals surface area contributed by atoms with E-state index in [-0.39, 0.29) is 12.0 Å². The number of nitrogens with zero attached hydrogens (tertiary/aromatic N) is 4. The largest absolute Gasteiger partial charge is 0.374 e. The Morgan fingerprint density at radius 3 is 2.71 bits per heavy atom. The molecule has 6 heteroatoms. The molecule has 0 N–H and O–H groups in total. The molecular formula is C18H24N4O2. The number of benzene rings is 1. The average molecular weight is 328 g/mol. The first-order chi connectivity index (χ1) is 11.4. The molecule has 1 amide bonds. The van der Waals surface area contributed by atoms with E-state index in [0.717, 1.165) is 35.5 Å². The van der Waals surface area contributed by atoms with Crippen LogP contribution in [0.4, 0.5) is 0 Å². The Morgan fingerprint density at radius 1 is 1.29 bits per heavy atom. The Morgan fingerprint density at radius 2 is 2.00 bits per heavy atom. The fourth-order valence-electron chi connectivity index (χ4n) is 2.95. The first-order valence-electron chi connectivity index (χ1n) is 8.24. The van der Waals surface area contributed by atoms with Crippen molar-refractivity contribution in [3.63, 3.8) is 0 Å². The highest BCUT2D eigenvalue weighted by molar-refractivity contribution is 5.97. The van der Waals surface area contributed by atoms with Gasteiger partial charge in [-0.05, 0) is 39.1 Å². The lowest BCUT2D eigenvalue weighted by Gasteiger charge is -2.32. The SMILES string of the molecule is Cc1nc2ccc(C(=O)N(C)CC3CN(C)CCO3)cc2nc1C. The van der Waals surface area contributed by atoms with Gasteiger partial charge >= 0.3 is 0 Å². The van der Waals surface area contributed by atoms with Gasteiger partial charge in [-0.3, -0.25) is 4.79 Å². The van der Waals surface area contributed by atoms with E-state index in [0.29, 0.717) is 18.7 Å². The van der Waals surface area contributed by atoms with Crippen LogP contribution < -0.4 is 0 Å². The summed E-state index contributed by atoms with van der Waals surface area (Å²) in [5.74, 6) is -0.0197. The van der Waals surface area contributed by atoms with E-state index < -0.39 is 0 Å². The first-order valence-corrected chi connectivity index (χ1v) is 8.24. The fraction of sp³-hybridized carbons (Fsp3) is 0.500. The number of carbonyl (C=O) groups excluding carboxylic acids is 1. The summed E-state index contributed by atoms with van der Waals surface area (Å²) in [5.41, 5.74) is 4.00. The number of aryl methyl sites for hydroxylation is 2. The van der Waals surface area contributed by atoms with Crippen molar-refractivity contribution in [1.82, 2.24) is 19.8 Å². The summed E-state index contributed by atoms with van der Waals surface area (Å²) in [6.07, 6.45) is 0.0582. The van der Waals surface area contributed by atoms with E-state index in [4.69, 9.17) is 4.74 Å². The molecule has 2 heterocycles. The second kappa shape index (κ2) is 6.83. The lowest BCUT2D eigenvalue weighted by atomic mass is 10.1. The van der Waals surface area contributed by atoms with Crippen molar-refractivity contribution in [1.29, 1.82) is 0 Å². The Labute approximate surface area is 142 Å². The van der Waals surface area contributed by atoms with Crippen LogP contribution in [0.25, 0.3) is 11.0 Å². The zero-order chi connectivity index (χ0) is 17.3. The molecule has 1 aliphatic rings. The zero-order valence-corrected chi connectivity index (χ0v) is 14.7. The highest BCUT2D eigenvalue weighted by atomic mass is 16.5. The van der Waals surface area contributed by atoms with Crippen molar-refractivity contribution in [3.8, 4) is 0 Å². The first kappa shape index (κ1) is 16.8. The van der Waals surface area contributed by atoms with Crippen LogP contribution >= 0.6 is 0 Å². The molecule has 128 valence electrons. The van der Waals surface area contributed by atoms with Crippen molar-refractivity contribution < 1.29 is 9.53 Å². The van der Waals surface area contributed by atoms with E-state index in [2.05, 4.69) is 21.9 Å². The topological polar surface area (TPSA) is 58.6 Å². The van der Waals surface area contributed by atoms with Gasteiger partial charge in [0.05, 0.1) is 35.1 Å². The van der Waals surface area contributed by atoms with E-state index in [1.54, 1.807) is 4.90 Å². The summed E-state index contributed by atoms with van der Waals surface area (Å²) in [6, 6.07) is 5.50. The number of rotatable bonds is 3. The van der Waals surface area contributed by atoms with Crippen LogP contribution in [-0.2, 0) is 4.74 Å². The van der Waals surface area contributed by atoms with Crippen LogP contribution in [0.1, 0.15) is 21.7 Å². The molecule has 1 fully saturated rings. The summed E-state index contributed by atoms with van der Waals surface area (Å²) in [5, 5.41) is 0. The predicted octanol–water partition coefficient (Wildman–Crippen LogP) is 1.65. The number of hydrogen-bond acceptors (Lipinski definition) is 5. The highest BCUT2D eigenvalue weighted by Gasteiger charge is 2.22.